The first kappa shape index (κ1) is 26.8. The van der Waals surface area contributed by atoms with Crippen LogP contribution in [0.3, 0.4) is 0 Å². The molecule has 2 rings (SSSR count). The highest BCUT2D eigenvalue weighted by Gasteiger charge is 2.28. The van der Waals surface area contributed by atoms with Gasteiger partial charge in [-0.2, -0.15) is 0 Å². The molecular weight excluding hydrogens is 432 g/mol. The van der Waals surface area contributed by atoms with Crippen LogP contribution in [0.1, 0.15) is 49.4 Å². The van der Waals surface area contributed by atoms with Crippen molar-refractivity contribution in [3.05, 3.63) is 64.7 Å². The predicted molar refractivity (Wildman–Crippen MR) is 138 cm³/mol. The molecule has 180 valence electrons. The molecule has 2 aromatic rings. The Bertz CT molecular complexity index is 892. The van der Waals surface area contributed by atoms with E-state index in [2.05, 4.69) is 51.2 Å². The van der Waals surface area contributed by atoms with E-state index >= 15 is 0 Å². The van der Waals surface area contributed by atoms with Gasteiger partial charge in [-0.25, -0.2) is 0 Å². The van der Waals surface area contributed by atoms with Crippen LogP contribution in [0.15, 0.2) is 42.5 Å². The highest BCUT2D eigenvalue weighted by molar-refractivity contribution is 7.99. The summed E-state index contributed by atoms with van der Waals surface area (Å²) >= 11 is 1.59. The van der Waals surface area contributed by atoms with Crippen LogP contribution < -0.4 is 10.1 Å². The molecule has 5 nitrogen and oxygen atoms in total. The highest BCUT2D eigenvalue weighted by Crippen LogP contribution is 2.20. The molecule has 6 heteroatoms. The van der Waals surface area contributed by atoms with Crippen molar-refractivity contribution in [1.82, 2.24) is 10.2 Å². The molecule has 0 spiro atoms. The lowest BCUT2D eigenvalue weighted by Crippen LogP contribution is -2.50. The number of aryl methyl sites for hydroxylation is 2. The van der Waals surface area contributed by atoms with Gasteiger partial charge in [0.15, 0.2) is 0 Å². The number of thioether (sulfide) groups is 1. The smallest absolute Gasteiger partial charge is 0.242 e. The molecule has 0 saturated heterocycles. The zero-order valence-electron chi connectivity index (χ0n) is 20.8. The third-order valence-corrected chi connectivity index (χ3v) is 6.35. The molecule has 0 aliphatic rings. The van der Waals surface area contributed by atoms with Crippen LogP contribution >= 0.6 is 11.8 Å². The first-order chi connectivity index (χ1) is 15.7. The summed E-state index contributed by atoms with van der Waals surface area (Å²) in [6.07, 6.45) is 0.563. The molecule has 0 aliphatic carbocycles. The van der Waals surface area contributed by atoms with Crippen molar-refractivity contribution in [1.29, 1.82) is 0 Å². The van der Waals surface area contributed by atoms with Gasteiger partial charge < -0.3 is 15.0 Å². The molecule has 0 bridgehead atoms. The SMILES string of the molecule is CC[C@H](C(=O)NCC(C)C)N(Cc1ccc(OC)cc1)C(=O)CSCc1cc(C)cc(C)c1. The van der Waals surface area contributed by atoms with Crippen molar-refractivity contribution in [3.8, 4) is 5.75 Å². The zero-order chi connectivity index (χ0) is 24.4. The number of rotatable bonds is 12. The van der Waals surface area contributed by atoms with Gasteiger partial charge in [0.25, 0.3) is 0 Å². The maximum atomic E-state index is 13.3. The number of nitrogens with one attached hydrogen (secondary N) is 1. The summed E-state index contributed by atoms with van der Waals surface area (Å²) in [5, 5.41) is 3.01. The van der Waals surface area contributed by atoms with Crippen molar-refractivity contribution in [2.45, 2.75) is 59.4 Å². The van der Waals surface area contributed by atoms with Gasteiger partial charge in [0.2, 0.25) is 11.8 Å². The van der Waals surface area contributed by atoms with Crippen LogP contribution in [0.2, 0.25) is 0 Å². The molecule has 0 unspecified atom stereocenters. The fourth-order valence-corrected chi connectivity index (χ4v) is 4.61. The van der Waals surface area contributed by atoms with Crippen molar-refractivity contribution >= 4 is 23.6 Å². The average molecular weight is 471 g/mol. The number of ether oxygens (including phenoxy) is 1. The Morgan fingerprint density at radius 2 is 1.67 bits per heavy atom. The van der Waals surface area contributed by atoms with E-state index < -0.39 is 6.04 Å². The van der Waals surface area contributed by atoms with Crippen LogP contribution in [0, 0.1) is 19.8 Å². The van der Waals surface area contributed by atoms with Crippen LogP contribution in [-0.2, 0) is 21.9 Å². The monoisotopic (exact) mass is 470 g/mol. The van der Waals surface area contributed by atoms with E-state index in [1.165, 1.54) is 16.7 Å². The summed E-state index contributed by atoms with van der Waals surface area (Å²) in [7, 11) is 1.63. The van der Waals surface area contributed by atoms with E-state index in [9.17, 15) is 9.59 Å². The summed E-state index contributed by atoms with van der Waals surface area (Å²) in [6.45, 7) is 11.2. The lowest BCUT2D eigenvalue weighted by molar-refractivity contribution is -0.139. The van der Waals surface area contributed by atoms with Gasteiger partial charge in [0.05, 0.1) is 12.9 Å². The van der Waals surface area contributed by atoms with E-state index in [-0.39, 0.29) is 11.8 Å². The second-order valence-electron chi connectivity index (χ2n) is 8.92. The zero-order valence-corrected chi connectivity index (χ0v) is 21.6. The number of amides is 2. The maximum absolute atomic E-state index is 13.3. The summed E-state index contributed by atoms with van der Waals surface area (Å²) in [5.41, 5.74) is 4.64. The second kappa shape index (κ2) is 13.3. The Morgan fingerprint density at radius 3 is 2.21 bits per heavy atom. The van der Waals surface area contributed by atoms with Crippen LogP contribution in [0.5, 0.6) is 5.75 Å². The number of hydrogen-bond donors (Lipinski definition) is 1. The van der Waals surface area contributed by atoms with Gasteiger partial charge in [-0.05, 0) is 49.4 Å². The topological polar surface area (TPSA) is 58.6 Å². The van der Waals surface area contributed by atoms with Crippen molar-refractivity contribution < 1.29 is 14.3 Å². The Morgan fingerprint density at radius 1 is 1.03 bits per heavy atom. The fraction of sp³-hybridized carbons (Fsp3) is 0.481. The van der Waals surface area contributed by atoms with Crippen LogP contribution in [-0.4, -0.2) is 42.2 Å². The van der Waals surface area contributed by atoms with Gasteiger partial charge >= 0.3 is 0 Å². The maximum Gasteiger partial charge on any atom is 0.242 e. The van der Waals surface area contributed by atoms with E-state index in [0.717, 1.165) is 17.1 Å². The number of carbonyl (C=O) groups is 2. The van der Waals surface area contributed by atoms with Crippen molar-refractivity contribution in [2.75, 3.05) is 19.4 Å². The first-order valence-corrected chi connectivity index (χ1v) is 12.7. The largest absolute Gasteiger partial charge is 0.497 e. The number of carbonyl (C=O) groups excluding carboxylic acids is 2. The van der Waals surface area contributed by atoms with E-state index in [1.807, 2.05) is 31.2 Å². The number of nitrogens with zero attached hydrogens (tertiary/aromatic N) is 1. The molecule has 0 saturated carbocycles. The molecule has 1 N–H and O–H groups in total. The third kappa shape index (κ3) is 8.77. The second-order valence-corrected chi connectivity index (χ2v) is 9.91. The highest BCUT2D eigenvalue weighted by atomic mass is 32.2. The first-order valence-electron chi connectivity index (χ1n) is 11.6. The molecule has 0 radical (unpaired) electrons. The molecule has 33 heavy (non-hydrogen) atoms. The fourth-order valence-electron chi connectivity index (χ4n) is 3.76. The molecule has 2 amide bonds. The molecule has 2 aromatic carbocycles. The van der Waals surface area contributed by atoms with Gasteiger partial charge in [0.1, 0.15) is 11.8 Å². The Kier molecular flexibility index (Phi) is 10.8. The van der Waals surface area contributed by atoms with E-state index in [0.29, 0.717) is 31.2 Å². The van der Waals surface area contributed by atoms with Crippen LogP contribution in [0.4, 0.5) is 0 Å². The van der Waals surface area contributed by atoms with Gasteiger partial charge in [-0.15, -0.1) is 11.8 Å². The summed E-state index contributed by atoms with van der Waals surface area (Å²) < 4.78 is 5.25. The van der Waals surface area contributed by atoms with Gasteiger partial charge in [0, 0.05) is 18.8 Å². The third-order valence-electron chi connectivity index (χ3n) is 5.36. The molecule has 0 heterocycles. The lowest BCUT2D eigenvalue weighted by Gasteiger charge is -2.31. The quantitative estimate of drug-likeness (QED) is 0.467. The minimum Gasteiger partial charge on any atom is -0.497 e. The number of benzene rings is 2. The standard InChI is InChI=1S/C27H38N2O3S/c1-7-25(27(31)28-15-19(2)3)29(16-22-8-10-24(32-6)11-9-22)26(30)18-33-17-23-13-20(4)12-21(5)14-23/h8-14,19,25H,7,15-18H2,1-6H3,(H,28,31)/t25-/m1/s1. The summed E-state index contributed by atoms with van der Waals surface area (Å²) in [4.78, 5) is 28.0. The number of methoxy groups -OCH3 is 1. The van der Waals surface area contributed by atoms with Gasteiger partial charge in [-0.1, -0.05) is 62.2 Å². The number of hydrogen-bond acceptors (Lipinski definition) is 4. The van der Waals surface area contributed by atoms with Crippen molar-refractivity contribution in [2.24, 2.45) is 5.92 Å². The molecule has 1 atom stereocenters. The molecular formula is C27H38N2O3S. The molecule has 0 aromatic heterocycles. The Hall–Kier alpha value is -2.47. The minimum atomic E-state index is -0.500. The summed E-state index contributed by atoms with van der Waals surface area (Å²) in [6, 6.07) is 13.6. The summed E-state index contributed by atoms with van der Waals surface area (Å²) in [5.74, 6) is 2.10. The van der Waals surface area contributed by atoms with E-state index in [1.54, 1.807) is 23.8 Å². The minimum absolute atomic E-state index is 0.0215. The predicted octanol–water partition coefficient (Wildman–Crippen LogP) is 5.12. The van der Waals surface area contributed by atoms with Crippen molar-refractivity contribution in [3.63, 3.8) is 0 Å². The normalized spacial score (nSPS) is 11.8. The lowest BCUT2D eigenvalue weighted by atomic mass is 10.1. The van der Waals surface area contributed by atoms with Crippen LogP contribution in [0.25, 0.3) is 0 Å². The molecule has 0 fully saturated rings. The average Bonchev–Trinajstić information content (AvgIpc) is 2.77. The van der Waals surface area contributed by atoms with Gasteiger partial charge in [-0.3, -0.25) is 9.59 Å². The van der Waals surface area contributed by atoms with E-state index in [4.69, 9.17) is 4.74 Å². The molecule has 0 aliphatic heterocycles. The Labute approximate surface area is 203 Å². The Balaban J connectivity index is 2.14.